The number of amides is 1. The van der Waals surface area contributed by atoms with Crippen molar-refractivity contribution in [1.82, 2.24) is 14.8 Å². The monoisotopic (exact) mass is 334 g/mol. The Kier molecular flexibility index (Phi) is 4.88. The maximum atomic E-state index is 13.3. The minimum absolute atomic E-state index is 0.103. The molecule has 2 N–H and O–H groups in total. The SMILES string of the molecule is Nc1ncc(CN2CCCN(C(=O)c3cccc(F)c3)CC2)s1. The second-order valence-electron chi connectivity index (χ2n) is 5.60. The van der Waals surface area contributed by atoms with Gasteiger partial charge >= 0.3 is 0 Å². The number of aromatic nitrogens is 1. The predicted octanol–water partition coefficient (Wildman–Crippen LogP) is 2.21. The van der Waals surface area contributed by atoms with Gasteiger partial charge in [0.1, 0.15) is 5.82 Å². The van der Waals surface area contributed by atoms with Crippen molar-refractivity contribution in [3.05, 3.63) is 46.7 Å². The number of anilines is 1. The first kappa shape index (κ1) is 15.9. The summed E-state index contributed by atoms with van der Waals surface area (Å²) in [5.41, 5.74) is 6.07. The van der Waals surface area contributed by atoms with Gasteiger partial charge in [-0.3, -0.25) is 9.69 Å². The van der Waals surface area contributed by atoms with Crippen LogP contribution in [0.3, 0.4) is 0 Å². The molecule has 1 aliphatic rings. The van der Waals surface area contributed by atoms with Crippen LogP contribution in [0.25, 0.3) is 0 Å². The Morgan fingerprint density at radius 2 is 2.17 bits per heavy atom. The molecule has 1 aromatic heterocycles. The van der Waals surface area contributed by atoms with Gasteiger partial charge < -0.3 is 10.6 Å². The molecule has 0 radical (unpaired) electrons. The topological polar surface area (TPSA) is 62.5 Å². The summed E-state index contributed by atoms with van der Waals surface area (Å²) in [5, 5.41) is 0.581. The van der Waals surface area contributed by atoms with Crippen LogP contribution in [0.2, 0.25) is 0 Å². The molecule has 1 saturated heterocycles. The highest BCUT2D eigenvalue weighted by atomic mass is 32.1. The Labute approximate surface area is 138 Å². The number of nitrogens with zero attached hydrogens (tertiary/aromatic N) is 3. The molecule has 1 aromatic carbocycles. The van der Waals surface area contributed by atoms with Crippen LogP contribution in [-0.4, -0.2) is 46.9 Å². The van der Waals surface area contributed by atoms with E-state index in [1.165, 1.54) is 23.5 Å². The van der Waals surface area contributed by atoms with Gasteiger partial charge in [-0.05, 0) is 24.6 Å². The summed E-state index contributed by atoms with van der Waals surface area (Å²) < 4.78 is 13.3. The number of hydrogen-bond donors (Lipinski definition) is 1. The third-order valence-corrected chi connectivity index (χ3v) is 4.71. The summed E-state index contributed by atoms with van der Waals surface area (Å²) >= 11 is 1.50. The van der Waals surface area contributed by atoms with E-state index in [4.69, 9.17) is 5.73 Å². The zero-order valence-corrected chi connectivity index (χ0v) is 13.6. The molecule has 2 aromatic rings. The van der Waals surface area contributed by atoms with Crippen LogP contribution in [0, 0.1) is 5.82 Å². The molecule has 3 rings (SSSR count). The van der Waals surface area contributed by atoms with Gasteiger partial charge in [0.15, 0.2) is 5.13 Å². The predicted molar refractivity (Wildman–Crippen MR) is 88.7 cm³/mol. The lowest BCUT2D eigenvalue weighted by Crippen LogP contribution is -2.35. The van der Waals surface area contributed by atoms with Crippen molar-refractivity contribution in [3.8, 4) is 0 Å². The van der Waals surface area contributed by atoms with Crippen molar-refractivity contribution in [2.45, 2.75) is 13.0 Å². The molecule has 122 valence electrons. The standard InChI is InChI=1S/C16H19FN4OS/c17-13-4-1-3-12(9-13)15(22)21-6-2-5-20(7-8-21)11-14-10-19-16(18)23-14/h1,3-4,9-10H,2,5-8,11H2,(H2,18,19). The molecular weight excluding hydrogens is 315 g/mol. The second-order valence-corrected chi connectivity index (χ2v) is 6.74. The van der Waals surface area contributed by atoms with Crippen molar-refractivity contribution in [3.63, 3.8) is 0 Å². The fourth-order valence-corrected chi connectivity index (χ4v) is 3.48. The smallest absolute Gasteiger partial charge is 0.254 e. The van der Waals surface area contributed by atoms with Crippen molar-refractivity contribution in [1.29, 1.82) is 0 Å². The van der Waals surface area contributed by atoms with Crippen molar-refractivity contribution in [2.75, 3.05) is 31.9 Å². The molecule has 5 nitrogen and oxygen atoms in total. The molecule has 0 bridgehead atoms. The second kappa shape index (κ2) is 7.06. The molecule has 0 saturated carbocycles. The molecule has 2 heterocycles. The molecule has 0 atom stereocenters. The van der Waals surface area contributed by atoms with Gasteiger partial charge in [-0.15, -0.1) is 11.3 Å². The zero-order valence-electron chi connectivity index (χ0n) is 12.7. The minimum Gasteiger partial charge on any atom is -0.375 e. The molecule has 1 amide bonds. The molecule has 1 aliphatic heterocycles. The number of benzene rings is 1. The Bertz CT molecular complexity index is 690. The average molecular weight is 334 g/mol. The van der Waals surface area contributed by atoms with Crippen LogP contribution < -0.4 is 5.73 Å². The summed E-state index contributed by atoms with van der Waals surface area (Å²) in [7, 11) is 0. The number of carbonyl (C=O) groups is 1. The van der Waals surface area contributed by atoms with Crippen LogP contribution in [-0.2, 0) is 6.54 Å². The highest BCUT2D eigenvalue weighted by Crippen LogP contribution is 2.18. The molecule has 23 heavy (non-hydrogen) atoms. The van der Waals surface area contributed by atoms with Gasteiger partial charge in [0.2, 0.25) is 0 Å². The van der Waals surface area contributed by atoms with Gasteiger partial charge in [-0.2, -0.15) is 0 Å². The summed E-state index contributed by atoms with van der Waals surface area (Å²) in [6, 6.07) is 5.88. The lowest BCUT2D eigenvalue weighted by atomic mass is 10.2. The summed E-state index contributed by atoms with van der Waals surface area (Å²) in [4.78, 5) is 21.8. The van der Waals surface area contributed by atoms with Crippen molar-refractivity contribution >= 4 is 22.4 Å². The molecule has 0 aliphatic carbocycles. The molecule has 1 fully saturated rings. The summed E-state index contributed by atoms with van der Waals surface area (Å²) in [6.45, 7) is 3.85. The van der Waals surface area contributed by atoms with Crippen LogP contribution in [0.1, 0.15) is 21.7 Å². The van der Waals surface area contributed by atoms with E-state index in [2.05, 4.69) is 9.88 Å². The molecular formula is C16H19FN4OS. The number of thiazole rings is 1. The normalized spacial score (nSPS) is 16.3. The average Bonchev–Trinajstić information content (AvgIpc) is 2.80. The van der Waals surface area contributed by atoms with E-state index in [1.54, 1.807) is 23.2 Å². The lowest BCUT2D eigenvalue weighted by molar-refractivity contribution is 0.0760. The third-order valence-electron chi connectivity index (χ3n) is 3.90. The highest BCUT2D eigenvalue weighted by molar-refractivity contribution is 7.15. The largest absolute Gasteiger partial charge is 0.375 e. The number of hydrogen-bond acceptors (Lipinski definition) is 5. The number of nitrogens with two attached hydrogens (primary N) is 1. The molecule has 0 spiro atoms. The summed E-state index contributed by atoms with van der Waals surface area (Å²) in [5.74, 6) is -0.483. The third kappa shape index (κ3) is 4.05. The van der Waals surface area contributed by atoms with Crippen LogP contribution >= 0.6 is 11.3 Å². The van der Waals surface area contributed by atoms with E-state index >= 15 is 0 Å². The maximum Gasteiger partial charge on any atom is 0.254 e. The Hall–Kier alpha value is -1.99. The van der Waals surface area contributed by atoms with Gasteiger partial charge in [-0.25, -0.2) is 9.37 Å². The highest BCUT2D eigenvalue weighted by Gasteiger charge is 2.21. The molecule has 7 heteroatoms. The maximum absolute atomic E-state index is 13.3. The van der Waals surface area contributed by atoms with E-state index in [0.29, 0.717) is 23.8 Å². The van der Waals surface area contributed by atoms with Gasteiger partial charge in [0, 0.05) is 49.4 Å². The number of carbonyl (C=O) groups excluding carboxylic acids is 1. The Morgan fingerprint density at radius 1 is 1.30 bits per heavy atom. The fourth-order valence-electron chi connectivity index (χ4n) is 2.75. The number of rotatable bonds is 3. The van der Waals surface area contributed by atoms with Crippen molar-refractivity contribution in [2.24, 2.45) is 0 Å². The Balaban J connectivity index is 1.60. The molecule has 0 unspecified atom stereocenters. The Morgan fingerprint density at radius 3 is 2.91 bits per heavy atom. The van der Waals surface area contributed by atoms with Gasteiger partial charge in [-0.1, -0.05) is 6.07 Å². The first-order valence-electron chi connectivity index (χ1n) is 7.59. The summed E-state index contributed by atoms with van der Waals surface area (Å²) in [6.07, 6.45) is 2.70. The lowest BCUT2D eigenvalue weighted by Gasteiger charge is -2.21. The van der Waals surface area contributed by atoms with E-state index in [0.717, 1.165) is 30.9 Å². The first-order valence-corrected chi connectivity index (χ1v) is 8.41. The van der Waals surface area contributed by atoms with Crippen molar-refractivity contribution < 1.29 is 9.18 Å². The number of nitrogen functional groups attached to an aromatic ring is 1. The van der Waals surface area contributed by atoms with E-state index < -0.39 is 0 Å². The minimum atomic E-state index is -0.380. The van der Waals surface area contributed by atoms with E-state index in [1.807, 2.05) is 0 Å². The fraction of sp³-hybridized carbons (Fsp3) is 0.375. The van der Waals surface area contributed by atoms with Crippen LogP contribution in [0.15, 0.2) is 30.5 Å². The van der Waals surface area contributed by atoms with Gasteiger partial charge in [0.05, 0.1) is 0 Å². The van der Waals surface area contributed by atoms with E-state index in [-0.39, 0.29) is 11.7 Å². The number of halogens is 1. The van der Waals surface area contributed by atoms with Crippen LogP contribution in [0.4, 0.5) is 9.52 Å². The zero-order chi connectivity index (χ0) is 16.2. The quantitative estimate of drug-likeness (QED) is 0.935. The first-order chi connectivity index (χ1) is 11.1. The van der Waals surface area contributed by atoms with Gasteiger partial charge in [0.25, 0.3) is 5.91 Å². The van der Waals surface area contributed by atoms with Crippen LogP contribution in [0.5, 0.6) is 0 Å². The van der Waals surface area contributed by atoms with E-state index in [9.17, 15) is 9.18 Å².